The maximum absolute atomic E-state index is 10.5. The number of hydrogen-bond acceptors (Lipinski definition) is 4. The summed E-state index contributed by atoms with van der Waals surface area (Å²) in [6, 6.07) is 4.31. The number of benzene rings is 1. The minimum Gasteiger partial charge on any atom is -0.493 e. The first-order valence-electron chi connectivity index (χ1n) is 7.46. The van der Waals surface area contributed by atoms with Crippen molar-refractivity contribution in [3.05, 3.63) is 22.2 Å². The van der Waals surface area contributed by atoms with Crippen LogP contribution in [0.1, 0.15) is 18.4 Å². The van der Waals surface area contributed by atoms with Crippen molar-refractivity contribution in [2.45, 2.75) is 31.4 Å². The van der Waals surface area contributed by atoms with Gasteiger partial charge in [0.15, 0.2) is 11.5 Å². The van der Waals surface area contributed by atoms with Crippen LogP contribution in [0.5, 0.6) is 11.5 Å². The van der Waals surface area contributed by atoms with Gasteiger partial charge in [0.25, 0.3) is 0 Å². The Balaban J connectivity index is 1.83. The average Bonchev–Trinajstić information content (AvgIpc) is 2.50. The first-order valence-corrected chi connectivity index (χ1v) is 8.26. The molecule has 3 fully saturated rings. The lowest BCUT2D eigenvalue weighted by molar-refractivity contribution is -0.0715. The number of aliphatic hydroxyl groups is 1. The molecule has 0 aliphatic carbocycles. The van der Waals surface area contributed by atoms with Crippen LogP contribution in [0.15, 0.2) is 16.6 Å². The topological polar surface area (TPSA) is 41.9 Å². The number of ether oxygens (including phenoxy) is 2. The molecular weight excluding hydrogens is 334 g/mol. The van der Waals surface area contributed by atoms with E-state index >= 15 is 0 Å². The number of piperidine rings is 3. The number of fused-ring (bicyclic) bond motifs is 3. The Bertz CT molecular complexity index is 512. The smallest absolute Gasteiger partial charge is 0.174 e. The number of halogens is 1. The van der Waals surface area contributed by atoms with Gasteiger partial charge in [-0.15, -0.1) is 0 Å². The lowest BCUT2D eigenvalue weighted by Gasteiger charge is -2.49. The van der Waals surface area contributed by atoms with Crippen LogP contribution >= 0.6 is 15.9 Å². The Morgan fingerprint density at radius 2 is 1.95 bits per heavy atom. The molecule has 0 radical (unpaired) electrons. The molecule has 1 aromatic carbocycles. The zero-order chi connectivity index (χ0) is 15.0. The number of hydrogen-bond donors (Lipinski definition) is 1. The first-order chi connectivity index (χ1) is 10.1. The standard InChI is InChI=1S/C16H22BrNO3/c1-20-14-9-10(7-12(17)16(14)21-2)8-13-15(19)11-3-5-18(13)6-4-11/h7,9,11,13,15,19H,3-6,8H2,1-2H3. The summed E-state index contributed by atoms with van der Waals surface area (Å²) in [6.45, 7) is 2.22. The molecule has 3 aliphatic rings. The van der Waals surface area contributed by atoms with Crippen molar-refractivity contribution < 1.29 is 14.6 Å². The Kier molecular flexibility index (Phi) is 4.43. The van der Waals surface area contributed by atoms with E-state index in [1.54, 1.807) is 14.2 Å². The number of rotatable bonds is 4. The van der Waals surface area contributed by atoms with E-state index < -0.39 is 0 Å². The van der Waals surface area contributed by atoms with E-state index in [1.807, 2.05) is 6.07 Å². The third-order valence-electron chi connectivity index (χ3n) is 4.86. The van der Waals surface area contributed by atoms with Crippen molar-refractivity contribution >= 4 is 15.9 Å². The van der Waals surface area contributed by atoms with Crippen molar-refractivity contribution in [1.82, 2.24) is 4.90 Å². The van der Waals surface area contributed by atoms with E-state index in [4.69, 9.17) is 9.47 Å². The lowest BCUT2D eigenvalue weighted by atomic mass is 9.78. The average molecular weight is 356 g/mol. The second-order valence-corrected chi connectivity index (χ2v) is 6.80. The summed E-state index contributed by atoms with van der Waals surface area (Å²) in [4.78, 5) is 2.43. The summed E-state index contributed by atoms with van der Waals surface area (Å²) >= 11 is 3.54. The molecule has 0 spiro atoms. The summed E-state index contributed by atoms with van der Waals surface area (Å²) < 4.78 is 11.6. The van der Waals surface area contributed by atoms with Crippen LogP contribution < -0.4 is 9.47 Å². The molecule has 0 saturated carbocycles. The van der Waals surface area contributed by atoms with Gasteiger partial charge in [-0.1, -0.05) is 0 Å². The van der Waals surface area contributed by atoms with Gasteiger partial charge in [0, 0.05) is 6.04 Å². The third kappa shape index (κ3) is 2.79. The van der Waals surface area contributed by atoms with Crippen LogP contribution in [0.4, 0.5) is 0 Å². The maximum atomic E-state index is 10.5. The summed E-state index contributed by atoms with van der Waals surface area (Å²) in [5, 5.41) is 10.5. The molecule has 3 aliphatic heterocycles. The van der Waals surface area contributed by atoms with Gasteiger partial charge in [0.05, 0.1) is 24.8 Å². The van der Waals surface area contributed by atoms with Gasteiger partial charge in [-0.2, -0.15) is 0 Å². The summed E-state index contributed by atoms with van der Waals surface area (Å²) in [5.74, 6) is 1.92. The van der Waals surface area contributed by atoms with E-state index in [0.29, 0.717) is 11.7 Å². The SMILES string of the molecule is COc1cc(CC2C(O)C3CCN2CC3)cc(Br)c1OC. The van der Waals surface area contributed by atoms with Gasteiger partial charge in [-0.25, -0.2) is 0 Å². The highest BCUT2D eigenvalue weighted by Gasteiger charge is 2.41. The van der Waals surface area contributed by atoms with Crippen LogP contribution in [0.2, 0.25) is 0 Å². The molecule has 3 saturated heterocycles. The monoisotopic (exact) mass is 355 g/mol. The Hall–Kier alpha value is -0.780. The van der Waals surface area contributed by atoms with E-state index in [2.05, 4.69) is 26.9 Å². The van der Waals surface area contributed by atoms with Crippen LogP contribution in [0, 0.1) is 5.92 Å². The predicted molar refractivity (Wildman–Crippen MR) is 85.0 cm³/mol. The van der Waals surface area contributed by atoms with Crippen LogP contribution in [0.3, 0.4) is 0 Å². The van der Waals surface area contributed by atoms with Crippen molar-refractivity contribution in [2.24, 2.45) is 5.92 Å². The highest BCUT2D eigenvalue weighted by Crippen LogP contribution is 2.38. The molecule has 2 atom stereocenters. The zero-order valence-corrected chi connectivity index (χ0v) is 14.1. The Morgan fingerprint density at radius 3 is 2.52 bits per heavy atom. The summed E-state index contributed by atoms with van der Waals surface area (Å²) in [5.41, 5.74) is 1.16. The van der Waals surface area contributed by atoms with Gasteiger partial charge in [-0.05, 0) is 71.9 Å². The largest absolute Gasteiger partial charge is 0.493 e. The lowest BCUT2D eigenvalue weighted by Crippen LogP contribution is -2.58. The van der Waals surface area contributed by atoms with Crippen molar-refractivity contribution in [1.29, 1.82) is 0 Å². The van der Waals surface area contributed by atoms with E-state index in [0.717, 1.165) is 48.1 Å². The molecule has 0 amide bonds. The normalized spacial score (nSPS) is 31.2. The van der Waals surface area contributed by atoms with Gasteiger partial charge in [0.1, 0.15) is 0 Å². The molecule has 1 N–H and O–H groups in total. The molecule has 4 nitrogen and oxygen atoms in total. The number of nitrogens with zero attached hydrogens (tertiary/aromatic N) is 1. The first kappa shape index (κ1) is 15.1. The third-order valence-corrected chi connectivity index (χ3v) is 5.45. The van der Waals surface area contributed by atoms with E-state index in [-0.39, 0.29) is 12.1 Å². The fraction of sp³-hybridized carbons (Fsp3) is 0.625. The minimum atomic E-state index is -0.209. The van der Waals surface area contributed by atoms with Crippen molar-refractivity contribution in [3.63, 3.8) is 0 Å². The molecule has 4 rings (SSSR count). The molecule has 2 bridgehead atoms. The number of aliphatic hydroxyl groups excluding tert-OH is 1. The van der Waals surface area contributed by atoms with Crippen LogP contribution in [0.25, 0.3) is 0 Å². The molecule has 3 heterocycles. The predicted octanol–water partition coefficient (Wildman–Crippen LogP) is 2.46. The van der Waals surface area contributed by atoms with Gasteiger partial charge in [-0.3, -0.25) is 4.90 Å². The molecule has 21 heavy (non-hydrogen) atoms. The van der Waals surface area contributed by atoms with Crippen molar-refractivity contribution in [3.8, 4) is 11.5 Å². The number of methoxy groups -OCH3 is 2. The fourth-order valence-corrected chi connectivity index (χ4v) is 4.35. The van der Waals surface area contributed by atoms with Crippen LogP contribution in [-0.2, 0) is 6.42 Å². The summed E-state index contributed by atoms with van der Waals surface area (Å²) in [6.07, 6.45) is 2.90. The maximum Gasteiger partial charge on any atom is 0.174 e. The van der Waals surface area contributed by atoms with Gasteiger partial charge < -0.3 is 14.6 Å². The molecule has 1 aromatic rings. The second-order valence-electron chi connectivity index (χ2n) is 5.95. The van der Waals surface area contributed by atoms with E-state index in [9.17, 15) is 5.11 Å². The molecular formula is C16H22BrNO3. The van der Waals surface area contributed by atoms with Gasteiger partial charge in [0.2, 0.25) is 0 Å². The second kappa shape index (κ2) is 6.15. The fourth-order valence-electron chi connectivity index (χ4n) is 3.70. The Morgan fingerprint density at radius 1 is 1.24 bits per heavy atom. The molecule has 5 heteroatoms. The van der Waals surface area contributed by atoms with E-state index in [1.165, 1.54) is 0 Å². The zero-order valence-electron chi connectivity index (χ0n) is 12.5. The highest BCUT2D eigenvalue weighted by atomic mass is 79.9. The molecule has 0 aromatic heterocycles. The summed E-state index contributed by atoms with van der Waals surface area (Å²) in [7, 11) is 3.28. The minimum absolute atomic E-state index is 0.209. The van der Waals surface area contributed by atoms with Crippen molar-refractivity contribution in [2.75, 3.05) is 27.3 Å². The Labute approximate surface area is 134 Å². The molecule has 116 valence electrons. The van der Waals surface area contributed by atoms with Gasteiger partial charge >= 0.3 is 0 Å². The quantitative estimate of drug-likeness (QED) is 0.900. The molecule has 2 unspecified atom stereocenters. The highest BCUT2D eigenvalue weighted by molar-refractivity contribution is 9.10. The van der Waals surface area contributed by atoms with Crippen LogP contribution in [-0.4, -0.2) is 49.5 Å².